The molecule has 0 saturated heterocycles. The second-order valence-corrected chi connectivity index (χ2v) is 3.94. The zero-order valence-electron chi connectivity index (χ0n) is 10.8. The van der Waals surface area contributed by atoms with Gasteiger partial charge in [0.2, 0.25) is 5.88 Å². The van der Waals surface area contributed by atoms with Gasteiger partial charge in [-0.2, -0.15) is 0 Å². The number of ether oxygens (including phenoxy) is 1. The van der Waals surface area contributed by atoms with Gasteiger partial charge in [-0.05, 0) is 26.0 Å². The van der Waals surface area contributed by atoms with E-state index < -0.39 is 17.9 Å². The minimum atomic E-state index is -1.06. The Morgan fingerprint density at radius 3 is 2.56 bits per heavy atom. The molecule has 6 nitrogen and oxygen atoms in total. The van der Waals surface area contributed by atoms with E-state index in [1.807, 2.05) is 0 Å². The van der Waals surface area contributed by atoms with Crippen LogP contribution in [0, 0.1) is 6.92 Å². The maximum absolute atomic E-state index is 12.1. The first-order chi connectivity index (χ1) is 8.38. The van der Waals surface area contributed by atoms with E-state index in [0.717, 1.165) is 10.6 Å². The van der Waals surface area contributed by atoms with Gasteiger partial charge in [0.05, 0.1) is 7.11 Å². The van der Waals surface area contributed by atoms with Gasteiger partial charge in [-0.15, -0.1) is 0 Å². The highest BCUT2D eigenvalue weighted by Gasteiger charge is 2.25. The summed E-state index contributed by atoms with van der Waals surface area (Å²) in [7, 11) is 2.85. The first-order valence-electron chi connectivity index (χ1n) is 5.40. The van der Waals surface area contributed by atoms with Crippen LogP contribution in [0.4, 0.5) is 0 Å². The van der Waals surface area contributed by atoms with Crippen LogP contribution in [0.25, 0.3) is 0 Å². The van der Waals surface area contributed by atoms with Crippen molar-refractivity contribution < 1.29 is 19.4 Å². The van der Waals surface area contributed by atoms with E-state index >= 15 is 0 Å². The minimum absolute atomic E-state index is 0.199. The first-order valence-corrected chi connectivity index (χ1v) is 5.40. The summed E-state index contributed by atoms with van der Waals surface area (Å²) in [6.07, 6.45) is 0. The van der Waals surface area contributed by atoms with Crippen molar-refractivity contribution in [2.75, 3.05) is 14.2 Å². The zero-order chi connectivity index (χ0) is 13.9. The van der Waals surface area contributed by atoms with Crippen LogP contribution in [0.15, 0.2) is 12.1 Å². The van der Waals surface area contributed by atoms with Crippen molar-refractivity contribution in [3.05, 3.63) is 23.4 Å². The topological polar surface area (TPSA) is 79.7 Å². The maximum Gasteiger partial charge on any atom is 0.326 e. The van der Waals surface area contributed by atoms with E-state index in [-0.39, 0.29) is 11.4 Å². The normalized spacial score (nSPS) is 11.8. The number of carbonyl (C=O) groups is 2. The van der Waals surface area contributed by atoms with Crippen LogP contribution >= 0.6 is 0 Å². The monoisotopic (exact) mass is 252 g/mol. The molecule has 1 rings (SSSR count). The Hall–Kier alpha value is -2.11. The number of carbonyl (C=O) groups excluding carboxylic acids is 1. The molecular weight excluding hydrogens is 236 g/mol. The number of pyridine rings is 1. The Bertz CT molecular complexity index is 473. The third kappa shape index (κ3) is 2.77. The average molecular weight is 252 g/mol. The van der Waals surface area contributed by atoms with E-state index in [0.29, 0.717) is 0 Å². The fraction of sp³-hybridized carbons (Fsp3) is 0.417. The molecule has 1 N–H and O–H groups in total. The van der Waals surface area contributed by atoms with Crippen LogP contribution in [0.2, 0.25) is 0 Å². The van der Waals surface area contributed by atoms with Gasteiger partial charge in [-0.1, -0.05) is 0 Å². The molecule has 0 saturated carbocycles. The molecule has 98 valence electrons. The average Bonchev–Trinajstić information content (AvgIpc) is 2.35. The van der Waals surface area contributed by atoms with Gasteiger partial charge in [0.1, 0.15) is 11.6 Å². The minimum Gasteiger partial charge on any atom is -0.480 e. The number of likely N-dealkylation sites (N-methyl/N-ethyl adjacent to an activating group) is 1. The van der Waals surface area contributed by atoms with Crippen molar-refractivity contribution in [2.45, 2.75) is 19.9 Å². The number of carboxylic acid groups (broad SMARTS) is 1. The third-order valence-electron chi connectivity index (χ3n) is 2.68. The van der Waals surface area contributed by atoms with Crippen molar-refractivity contribution in [1.29, 1.82) is 0 Å². The molecule has 0 aliphatic carbocycles. The fourth-order valence-corrected chi connectivity index (χ4v) is 1.38. The highest BCUT2D eigenvalue weighted by atomic mass is 16.5. The predicted molar refractivity (Wildman–Crippen MR) is 64.7 cm³/mol. The molecular formula is C12H16N2O4. The van der Waals surface area contributed by atoms with Gasteiger partial charge < -0.3 is 14.7 Å². The van der Waals surface area contributed by atoms with Crippen molar-refractivity contribution >= 4 is 11.9 Å². The molecule has 1 unspecified atom stereocenters. The summed E-state index contributed by atoms with van der Waals surface area (Å²) in [6, 6.07) is 2.34. The molecule has 0 aromatic carbocycles. The molecule has 0 aliphatic rings. The second-order valence-electron chi connectivity index (χ2n) is 3.94. The van der Waals surface area contributed by atoms with Crippen LogP contribution in [0.5, 0.6) is 5.88 Å². The van der Waals surface area contributed by atoms with E-state index in [2.05, 4.69) is 4.98 Å². The molecule has 0 fully saturated rings. The Morgan fingerprint density at radius 2 is 2.06 bits per heavy atom. The van der Waals surface area contributed by atoms with Gasteiger partial charge in [0.15, 0.2) is 0 Å². The summed E-state index contributed by atoms with van der Waals surface area (Å²) < 4.78 is 5.03. The molecule has 0 radical (unpaired) electrons. The molecule has 1 heterocycles. The quantitative estimate of drug-likeness (QED) is 0.862. The van der Waals surface area contributed by atoms with Crippen LogP contribution in [0.3, 0.4) is 0 Å². The highest BCUT2D eigenvalue weighted by molar-refractivity contribution is 5.98. The van der Waals surface area contributed by atoms with Crippen LogP contribution in [0.1, 0.15) is 23.0 Å². The lowest BCUT2D eigenvalue weighted by Crippen LogP contribution is -2.40. The van der Waals surface area contributed by atoms with E-state index in [9.17, 15) is 9.59 Å². The first kappa shape index (κ1) is 14.0. The lowest BCUT2D eigenvalue weighted by molar-refractivity contribution is -0.141. The largest absolute Gasteiger partial charge is 0.480 e. The van der Waals surface area contributed by atoms with Gasteiger partial charge >= 0.3 is 5.97 Å². The zero-order valence-corrected chi connectivity index (χ0v) is 10.8. The van der Waals surface area contributed by atoms with Crippen molar-refractivity contribution in [2.24, 2.45) is 0 Å². The number of hydrogen-bond donors (Lipinski definition) is 1. The highest BCUT2D eigenvalue weighted by Crippen LogP contribution is 2.18. The van der Waals surface area contributed by atoms with Gasteiger partial charge in [0.25, 0.3) is 5.91 Å². The smallest absolute Gasteiger partial charge is 0.326 e. The molecule has 1 atom stereocenters. The van der Waals surface area contributed by atoms with E-state index in [4.69, 9.17) is 9.84 Å². The molecule has 18 heavy (non-hydrogen) atoms. The second kappa shape index (κ2) is 5.48. The third-order valence-corrected chi connectivity index (χ3v) is 2.68. The molecule has 0 spiro atoms. The van der Waals surface area contributed by atoms with Crippen molar-refractivity contribution in [3.8, 4) is 5.88 Å². The lowest BCUT2D eigenvalue weighted by Gasteiger charge is -2.22. The molecule has 1 aromatic heterocycles. The standard InChI is InChI=1S/C12H16N2O4/c1-7-5-6-9(10(13-7)18-4)11(15)14(3)8(2)12(16)17/h5-6,8H,1-4H3,(H,16,17). The Balaban J connectivity index is 3.07. The number of aryl methyl sites for hydroxylation is 1. The summed E-state index contributed by atoms with van der Waals surface area (Å²) in [5.41, 5.74) is 0.969. The van der Waals surface area contributed by atoms with Crippen molar-refractivity contribution in [1.82, 2.24) is 9.88 Å². The van der Waals surface area contributed by atoms with E-state index in [1.54, 1.807) is 19.1 Å². The summed E-state index contributed by atoms with van der Waals surface area (Å²) in [5.74, 6) is -1.30. The number of nitrogens with zero attached hydrogens (tertiary/aromatic N) is 2. The Morgan fingerprint density at radius 1 is 1.44 bits per heavy atom. The van der Waals surface area contributed by atoms with E-state index in [1.165, 1.54) is 21.1 Å². The molecule has 1 amide bonds. The Kier molecular flexibility index (Phi) is 4.25. The van der Waals surface area contributed by atoms with Crippen molar-refractivity contribution in [3.63, 3.8) is 0 Å². The summed E-state index contributed by atoms with van der Waals surface area (Å²) in [5, 5.41) is 8.88. The summed E-state index contributed by atoms with van der Waals surface area (Å²) in [4.78, 5) is 28.2. The van der Waals surface area contributed by atoms with Crippen LogP contribution in [-0.2, 0) is 4.79 Å². The van der Waals surface area contributed by atoms with Gasteiger partial charge in [0, 0.05) is 12.7 Å². The molecule has 6 heteroatoms. The number of methoxy groups -OCH3 is 1. The summed E-state index contributed by atoms with van der Waals surface area (Å²) >= 11 is 0. The van der Waals surface area contributed by atoms with Gasteiger partial charge in [-0.25, -0.2) is 9.78 Å². The van der Waals surface area contributed by atoms with Crippen LogP contribution in [-0.4, -0.2) is 47.1 Å². The number of hydrogen-bond acceptors (Lipinski definition) is 4. The maximum atomic E-state index is 12.1. The number of amides is 1. The van der Waals surface area contributed by atoms with Crippen LogP contribution < -0.4 is 4.74 Å². The SMILES string of the molecule is COc1nc(C)ccc1C(=O)N(C)C(C)C(=O)O. The molecule has 1 aromatic rings. The number of rotatable bonds is 4. The number of aliphatic carboxylic acids is 1. The number of aromatic nitrogens is 1. The fourth-order valence-electron chi connectivity index (χ4n) is 1.38. The lowest BCUT2D eigenvalue weighted by atomic mass is 10.2. The predicted octanol–water partition coefficient (Wildman–Crippen LogP) is 0.944. The molecule has 0 bridgehead atoms. The Labute approximate surface area is 105 Å². The molecule has 0 aliphatic heterocycles. The van der Waals surface area contributed by atoms with Gasteiger partial charge in [-0.3, -0.25) is 4.79 Å². The number of carboxylic acids is 1. The summed E-state index contributed by atoms with van der Waals surface area (Å²) in [6.45, 7) is 3.22.